The minimum absolute atomic E-state index is 0.0377. The first kappa shape index (κ1) is 46.7. The highest BCUT2D eigenvalue weighted by molar-refractivity contribution is 5.82. The van der Waals surface area contributed by atoms with Gasteiger partial charge in [-0.25, -0.2) is 14.0 Å². The van der Waals surface area contributed by atoms with Gasteiger partial charge in [-0.2, -0.15) is 0 Å². The molecule has 248 valence electrons. The minimum atomic E-state index is -0.361. The number of esters is 2. The summed E-state index contributed by atoms with van der Waals surface area (Å²) in [6, 6.07) is 0. The molecule has 0 amide bonds. The fourth-order valence-corrected chi connectivity index (χ4v) is 1.52. The lowest BCUT2D eigenvalue weighted by Gasteiger charge is -2.12. The molecule has 1 saturated heterocycles. The van der Waals surface area contributed by atoms with E-state index in [2.05, 4.69) is 59.4 Å². The SMILES string of the molecule is C=C(F)C(C)(C)C.C=CC(C)(C)C.CC(C)(C)C1CO1.CC(C)OC(=O)/C=C/C(C)(C)C.COC(=O)/C=C/C(C)(C)C. The van der Waals surface area contributed by atoms with Crippen LogP contribution in [-0.2, 0) is 23.8 Å². The van der Waals surface area contributed by atoms with Crippen LogP contribution in [0.5, 0.6) is 0 Å². The molecule has 1 heterocycles. The van der Waals surface area contributed by atoms with Crippen LogP contribution in [0, 0.1) is 27.1 Å². The second-order valence-electron chi connectivity index (χ2n) is 15.8. The summed E-state index contributed by atoms with van der Waals surface area (Å²) in [5.41, 5.74) is 0.421. The summed E-state index contributed by atoms with van der Waals surface area (Å²) in [6.45, 7) is 41.9. The van der Waals surface area contributed by atoms with Crippen molar-refractivity contribution in [1.82, 2.24) is 0 Å². The fourth-order valence-electron chi connectivity index (χ4n) is 1.52. The van der Waals surface area contributed by atoms with Crippen molar-refractivity contribution in [2.75, 3.05) is 13.7 Å². The van der Waals surface area contributed by atoms with Gasteiger partial charge in [0.1, 0.15) is 0 Å². The van der Waals surface area contributed by atoms with Crippen LogP contribution in [-0.4, -0.2) is 37.9 Å². The highest BCUT2D eigenvalue weighted by atomic mass is 19.1. The van der Waals surface area contributed by atoms with Gasteiger partial charge in [0.25, 0.3) is 0 Å². The van der Waals surface area contributed by atoms with Gasteiger partial charge in [-0.15, -0.1) is 6.58 Å². The number of rotatable bonds is 3. The van der Waals surface area contributed by atoms with Crippen LogP contribution in [0.2, 0.25) is 0 Å². The molecule has 0 bridgehead atoms. The van der Waals surface area contributed by atoms with Gasteiger partial charge in [0, 0.05) is 17.6 Å². The lowest BCUT2D eigenvalue weighted by atomic mass is 9.93. The van der Waals surface area contributed by atoms with Gasteiger partial charge in [-0.3, -0.25) is 0 Å². The molecule has 0 radical (unpaired) electrons. The Hall–Kier alpha value is -2.21. The zero-order chi connectivity index (χ0) is 34.8. The van der Waals surface area contributed by atoms with E-state index in [-0.39, 0.29) is 40.1 Å². The summed E-state index contributed by atoms with van der Waals surface area (Å²) in [4.78, 5) is 21.5. The van der Waals surface area contributed by atoms with Gasteiger partial charge >= 0.3 is 11.9 Å². The van der Waals surface area contributed by atoms with Crippen LogP contribution in [0.1, 0.15) is 118 Å². The Balaban J connectivity index is -0.000000220. The van der Waals surface area contributed by atoms with E-state index in [1.807, 2.05) is 73.6 Å². The van der Waals surface area contributed by atoms with Crippen LogP contribution in [0.25, 0.3) is 0 Å². The molecule has 6 heteroatoms. The number of epoxide rings is 1. The third-order valence-corrected chi connectivity index (χ3v) is 4.72. The van der Waals surface area contributed by atoms with E-state index in [1.165, 1.54) is 19.3 Å². The zero-order valence-corrected chi connectivity index (χ0v) is 30.6. The average Bonchev–Trinajstić information content (AvgIpc) is 3.61. The number of carbonyl (C=O) groups excluding carboxylic acids is 2. The molecule has 0 aromatic rings. The zero-order valence-electron chi connectivity index (χ0n) is 30.6. The van der Waals surface area contributed by atoms with Crippen molar-refractivity contribution in [3.63, 3.8) is 0 Å². The molecule has 1 atom stereocenters. The smallest absolute Gasteiger partial charge is 0.330 e. The first-order valence-corrected chi connectivity index (χ1v) is 14.6. The molecule has 0 aromatic heterocycles. The van der Waals surface area contributed by atoms with Crippen molar-refractivity contribution < 1.29 is 28.2 Å². The topological polar surface area (TPSA) is 65.1 Å². The van der Waals surface area contributed by atoms with Crippen LogP contribution < -0.4 is 0 Å². The molecule has 42 heavy (non-hydrogen) atoms. The van der Waals surface area contributed by atoms with E-state index < -0.39 is 0 Å². The summed E-state index contributed by atoms with van der Waals surface area (Å²) in [7, 11) is 1.37. The van der Waals surface area contributed by atoms with Crippen molar-refractivity contribution in [1.29, 1.82) is 0 Å². The summed E-state index contributed by atoms with van der Waals surface area (Å²) >= 11 is 0. The molecular weight excluding hydrogens is 531 g/mol. The molecule has 1 unspecified atom stereocenters. The van der Waals surface area contributed by atoms with Crippen LogP contribution in [0.4, 0.5) is 4.39 Å². The summed E-state index contributed by atoms with van der Waals surface area (Å²) < 4.78 is 26.4. The predicted molar refractivity (Wildman–Crippen MR) is 179 cm³/mol. The molecule has 0 N–H and O–H groups in total. The fraction of sp³-hybridized carbons (Fsp3) is 0.722. The molecular formula is C36H67FO5. The van der Waals surface area contributed by atoms with E-state index in [0.717, 1.165) is 6.61 Å². The molecule has 5 nitrogen and oxygen atoms in total. The summed E-state index contributed by atoms with van der Waals surface area (Å²) in [6.07, 6.45) is 9.04. The Morgan fingerprint density at radius 2 is 1.10 bits per heavy atom. The Morgan fingerprint density at radius 1 is 0.786 bits per heavy atom. The first-order valence-electron chi connectivity index (χ1n) is 14.6. The highest BCUT2D eigenvalue weighted by Crippen LogP contribution is 2.30. The Morgan fingerprint density at radius 3 is 1.24 bits per heavy atom. The van der Waals surface area contributed by atoms with Crippen LogP contribution >= 0.6 is 0 Å². The maximum absolute atomic E-state index is 12.0. The lowest BCUT2D eigenvalue weighted by molar-refractivity contribution is -0.141. The lowest BCUT2D eigenvalue weighted by Crippen LogP contribution is -2.12. The van der Waals surface area contributed by atoms with Gasteiger partial charge in [-0.05, 0) is 35.5 Å². The van der Waals surface area contributed by atoms with E-state index in [4.69, 9.17) is 9.47 Å². The van der Waals surface area contributed by atoms with E-state index in [0.29, 0.717) is 16.9 Å². The molecule has 1 fully saturated rings. The highest BCUT2D eigenvalue weighted by Gasteiger charge is 2.35. The number of hydrogen-bond donors (Lipinski definition) is 0. The second kappa shape index (κ2) is 20.7. The number of hydrogen-bond acceptors (Lipinski definition) is 5. The Kier molecular flexibility index (Phi) is 23.0. The number of ether oxygens (including phenoxy) is 3. The van der Waals surface area contributed by atoms with Gasteiger partial charge in [0.2, 0.25) is 0 Å². The van der Waals surface area contributed by atoms with Gasteiger partial charge in [0.05, 0.1) is 31.8 Å². The second-order valence-corrected chi connectivity index (χ2v) is 15.8. The van der Waals surface area contributed by atoms with Crippen molar-refractivity contribution in [3.05, 3.63) is 49.4 Å². The first-order chi connectivity index (χ1) is 18.4. The molecule has 1 rings (SSSR count). The van der Waals surface area contributed by atoms with Crippen molar-refractivity contribution in [2.45, 2.75) is 130 Å². The maximum atomic E-state index is 12.0. The minimum Gasteiger partial charge on any atom is -0.466 e. The quantitative estimate of drug-likeness (QED) is 0.140. The molecule has 1 aliphatic heterocycles. The molecule has 1 aliphatic rings. The number of carbonyl (C=O) groups is 2. The Bertz CT molecular complexity index is 826. The molecule has 0 aromatic carbocycles. The van der Waals surface area contributed by atoms with Gasteiger partial charge < -0.3 is 14.2 Å². The normalized spacial score (nSPS) is 15.0. The molecule has 0 aliphatic carbocycles. The summed E-state index contributed by atoms with van der Waals surface area (Å²) in [5, 5.41) is 0. The monoisotopic (exact) mass is 598 g/mol. The largest absolute Gasteiger partial charge is 0.466 e. The summed E-state index contributed by atoms with van der Waals surface area (Å²) in [5.74, 6) is -0.817. The number of methoxy groups -OCH3 is 1. The van der Waals surface area contributed by atoms with Crippen molar-refractivity contribution in [2.24, 2.45) is 27.1 Å². The number of allylic oxidation sites excluding steroid dienone is 4. The number of halogens is 1. The van der Waals surface area contributed by atoms with Crippen molar-refractivity contribution >= 4 is 11.9 Å². The third-order valence-electron chi connectivity index (χ3n) is 4.72. The molecule has 0 spiro atoms. The van der Waals surface area contributed by atoms with Gasteiger partial charge in [0.15, 0.2) is 0 Å². The van der Waals surface area contributed by atoms with Gasteiger partial charge in [-0.1, -0.05) is 129 Å². The predicted octanol–water partition coefficient (Wildman–Crippen LogP) is 10.5. The standard InChI is InChI=1S/C10H18O2.C8H14O2.C6H11F.C6H12O.C6H12/c1-8(2)12-9(11)6-7-10(3,4)5;1-8(2,3)6-5-7(9)10-4;1-5(7)6(2,3)4;1-6(2,3)5-4-7-5;1-5-6(2,3)4/h6-8H,1-5H3;5-6H,1-4H3;1H2,2-4H3;5H,4H2,1-3H3;5H,1H2,2-4H3/b7-6+;6-5+;;;. The molecule has 0 saturated carbocycles. The van der Waals surface area contributed by atoms with Crippen LogP contribution in [0.3, 0.4) is 0 Å². The van der Waals surface area contributed by atoms with E-state index in [9.17, 15) is 14.0 Å². The Labute approximate surface area is 260 Å². The van der Waals surface area contributed by atoms with E-state index >= 15 is 0 Å². The van der Waals surface area contributed by atoms with E-state index in [1.54, 1.807) is 20.8 Å². The van der Waals surface area contributed by atoms with Crippen molar-refractivity contribution in [3.8, 4) is 0 Å². The third kappa shape index (κ3) is 44.8. The maximum Gasteiger partial charge on any atom is 0.330 e. The van der Waals surface area contributed by atoms with Crippen LogP contribution in [0.15, 0.2) is 49.4 Å². The average molecular weight is 599 g/mol.